The number of aromatic nitrogens is 2. The Morgan fingerprint density at radius 3 is 2.71 bits per heavy atom. The molecule has 31 heavy (non-hydrogen) atoms. The van der Waals surface area contributed by atoms with Crippen molar-refractivity contribution in [2.75, 3.05) is 25.1 Å². The first-order chi connectivity index (χ1) is 15.1. The number of ether oxygens (including phenoxy) is 2. The zero-order valence-corrected chi connectivity index (χ0v) is 18.6. The molecule has 174 valence electrons. The van der Waals surface area contributed by atoms with Gasteiger partial charge in [0.05, 0.1) is 19.8 Å². The van der Waals surface area contributed by atoms with E-state index in [9.17, 15) is 9.59 Å². The van der Waals surface area contributed by atoms with Crippen LogP contribution in [0.25, 0.3) is 0 Å². The highest BCUT2D eigenvalue weighted by atomic mass is 16.7. The summed E-state index contributed by atoms with van der Waals surface area (Å²) in [6.45, 7) is 3.53. The topological polar surface area (TPSA) is 114 Å². The largest absolute Gasteiger partial charge is 0.391 e. The minimum absolute atomic E-state index is 0.0278. The van der Waals surface area contributed by atoms with Crippen LogP contribution in [0.2, 0.25) is 0 Å². The van der Waals surface area contributed by atoms with E-state index in [0.717, 1.165) is 16.7 Å². The molecule has 0 radical (unpaired) electrons. The van der Waals surface area contributed by atoms with Crippen LogP contribution in [-0.2, 0) is 14.3 Å². The Bertz CT molecular complexity index is 747. The average molecular weight is 436 g/mol. The monoisotopic (exact) mass is 435 g/mol. The summed E-state index contributed by atoms with van der Waals surface area (Å²) in [6.07, 6.45) is 17.0. The maximum absolute atomic E-state index is 10.4. The lowest BCUT2D eigenvalue weighted by Crippen LogP contribution is -2.17. The molecule has 4 fully saturated rings. The normalized spacial score (nSPS) is 30.3. The number of rotatable bonds is 7. The maximum Gasteiger partial charge on any atom is 0.346 e. The molecule has 1 aliphatic heterocycles. The van der Waals surface area contributed by atoms with Crippen molar-refractivity contribution in [3.05, 3.63) is 22.7 Å². The van der Waals surface area contributed by atoms with Gasteiger partial charge in [-0.15, -0.1) is 0 Å². The highest BCUT2D eigenvalue weighted by Crippen LogP contribution is 2.79. The molecule has 1 aromatic rings. The molecule has 1 spiro atoms. The number of carbonyl (C=O) groups excluding carboxylic acids is 1. The number of aromatic amines is 1. The van der Waals surface area contributed by atoms with Gasteiger partial charge in [0.2, 0.25) is 6.41 Å². The van der Waals surface area contributed by atoms with Gasteiger partial charge in [-0.25, -0.2) is 9.78 Å². The van der Waals surface area contributed by atoms with E-state index in [-0.39, 0.29) is 12.9 Å². The van der Waals surface area contributed by atoms with E-state index in [1.54, 1.807) is 44.9 Å². The lowest BCUT2D eigenvalue weighted by molar-refractivity contribution is -0.105. The Morgan fingerprint density at radius 2 is 2.06 bits per heavy atom. The van der Waals surface area contributed by atoms with Crippen LogP contribution in [0.1, 0.15) is 71.1 Å². The van der Waals surface area contributed by atoms with E-state index in [2.05, 4.69) is 22.2 Å². The Kier molecular flexibility index (Phi) is 8.63. The third-order valence-electron chi connectivity index (χ3n) is 7.41. The van der Waals surface area contributed by atoms with Gasteiger partial charge < -0.3 is 19.9 Å². The van der Waals surface area contributed by atoms with Gasteiger partial charge in [-0.1, -0.05) is 26.2 Å². The molecule has 3 aliphatic carbocycles. The molecule has 3 N–H and O–H groups in total. The van der Waals surface area contributed by atoms with Crippen molar-refractivity contribution in [1.82, 2.24) is 9.97 Å². The first-order valence-electron chi connectivity index (χ1n) is 11.7. The smallest absolute Gasteiger partial charge is 0.346 e. The molecule has 5 rings (SSSR count). The zero-order chi connectivity index (χ0) is 22.2. The number of unbranched alkanes of at least 4 members (excludes halogenated alkanes) is 2. The van der Waals surface area contributed by atoms with E-state index >= 15 is 0 Å². The number of H-pyrrole nitrogens is 1. The van der Waals surface area contributed by atoms with Crippen LogP contribution in [0.5, 0.6) is 0 Å². The fourth-order valence-corrected chi connectivity index (χ4v) is 5.78. The summed E-state index contributed by atoms with van der Waals surface area (Å²) in [7, 11) is 0. The molecular formula is C23H37N3O5. The number of hydrogen-bond donors (Lipinski definition) is 3. The van der Waals surface area contributed by atoms with Crippen molar-refractivity contribution >= 4 is 12.2 Å². The van der Waals surface area contributed by atoms with Gasteiger partial charge in [-0.3, -0.25) is 9.78 Å². The van der Waals surface area contributed by atoms with Gasteiger partial charge in [0, 0.05) is 6.20 Å². The second kappa shape index (κ2) is 11.2. The van der Waals surface area contributed by atoms with E-state index in [0.29, 0.717) is 25.4 Å². The van der Waals surface area contributed by atoms with Crippen LogP contribution >= 0.6 is 0 Å². The molecule has 4 aliphatic rings. The van der Waals surface area contributed by atoms with Crippen molar-refractivity contribution in [3.63, 3.8) is 0 Å². The first kappa shape index (κ1) is 23.9. The van der Waals surface area contributed by atoms with Crippen LogP contribution in [0, 0.1) is 16.7 Å². The lowest BCUT2D eigenvalue weighted by Gasteiger charge is -2.28. The van der Waals surface area contributed by atoms with E-state index < -0.39 is 5.69 Å². The zero-order valence-electron chi connectivity index (χ0n) is 18.6. The minimum atomic E-state index is -0.480. The van der Waals surface area contributed by atoms with Gasteiger partial charge in [-0.05, 0) is 67.8 Å². The first-order valence-corrected chi connectivity index (χ1v) is 11.7. The molecule has 2 bridgehead atoms. The van der Waals surface area contributed by atoms with Crippen LogP contribution in [0.3, 0.4) is 0 Å². The third kappa shape index (κ3) is 6.14. The summed E-state index contributed by atoms with van der Waals surface area (Å²) >= 11 is 0. The number of hydrogen-bond acceptors (Lipinski definition) is 6. The SMILES string of the molecule is CCCCCC12CCC3CCC1(C3)C2.O=CNc1ccnc(=O)[nH]1.OCC1OCCO1. The van der Waals surface area contributed by atoms with Crippen molar-refractivity contribution in [1.29, 1.82) is 0 Å². The Balaban J connectivity index is 0.000000141. The van der Waals surface area contributed by atoms with Crippen molar-refractivity contribution in [3.8, 4) is 0 Å². The Morgan fingerprint density at radius 1 is 1.29 bits per heavy atom. The van der Waals surface area contributed by atoms with Gasteiger partial charge in [0.25, 0.3) is 0 Å². The van der Waals surface area contributed by atoms with Crippen LogP contribution in [0.15, 0.2) is 17.1 Å². The minimum Gasteiger partial charge on any atom is -0.391 e. The molecule has 8 heteroatoms. The molecular weight excluding hydrogens is 398 g/mol. The van der Waals surface area contributed by atoms with Crippen molar-refractivity contribution < 1.29 is 19.4 Å². The number of fused-ring (bicyclic) bond motifs is 1. The van der Waals surface area contributed by atoms with E-state index in [1.165, 1.54) is 31.5 Å². The third-order valence-corrected chi connectivity index (χ3v) is 7.41. The number of carbonyl (C=O) groups is 1. The highest BCUT2D eigenvalue weighted by Gasteiger charge is 2.69. The molecule has 3 unspecified atom stereocenters. The summed E-state index contributed by atoms with van der Waals surface area (Å²) in [6, 6.07) is 1.48. The van der Waals surface area contributed by atoms with E-state index in [1.807, 2.05) is 0 Å². The number of amides is 1. The number of nitrogens with zero attached hydrogens (tertiary/aromatic N) is 1. The molecule has 2 heterocycles. The molecule has 1 amide bonds. The number of aliphatic hydroxyl groups excluding tert-OH is 1. The fraction of sp³-hybridized carbons (Fsp3) is 0.783. The molecule has 3 saturated carbocycles. The molecule has 3 atom stereocenters. The Hall–Kier alpha value is -1.77. The van der Waals surface area contributed by atoms with E-state index in [4.69, 9.17) is 14.6 Å². The quantitative estimate of drug-likeness (QED) is 0.448. The van der Waals surface area contributed by atoms with Crippen LogP contribution in [0.4, 0.5) is 5.82 Å². The summed E-state index contributed by atoms with van der Waals surface area (Å²) in [5, 5.41) is 10.6. The maximum atomic E-state index is 10.4. The molecule has 1 aromatic heterocycles. The average Bonchev–Trinajstić information content (AvgIpc) is 3.06. The fourth-order valence-electron chi connectivity index (χ4n) is 5.78. The second-order valence-corrected chi connectivity index (χ2v) is 9.25. The Labute approximate surface area is 184 Å². The summed E-state index contributed by atoms with van der Waals surface area (Å²) in [5.41, 5.74) is 1.31. The number of aliphatic hydroxyl groups is 1. The van der Waals surface area contributed by atoms with Gasteiger partial charge in [0.1, 0.15) is 5.82 Å². The summed E-state index contributed by atoms with van der Waals surface area (Å²) in [5.74, 6) is 1.49. The number of nitrogens with one attached hydrogen (secondary N) is 2. The molecule has 1 saturated heterocycles. The van der Waals surface area contributed by atoms with Crippen molar-refractivity contribution in [2.45, 2.75) is 77.4 Å². The van der Waals surface area contributed by atoms with Crippen LogP contribution < -0.4 is 11.0 Å². The summed E-state index contributed by atoms with van der Waals surface area (Å²) in [4.78, 5) is 25.9. The highest BCUT2D eigenvalue weighted by molar-refractivity contribution is 5.68. The predicted octanol–water partition coefficient (Wildman–Crippen LogP) is 3.23. The summed E-state index contributed by atoms with van der Waals surface area (Å²) < 4.78 is 9.66. The lowest BCUT2D eigenvalue weighted by atomic mass is 9.77. The predicted molar refractivity (Wildman–Crippen MR) is 118 cm³/mol. The van der Waals surface area contributed by atoms with Crippen LogP contribution in [-0.4, -0.2) is 47.6 Å². The second-order valence-electron chi connectivity index (χ2n) is 9.25. The van der Waals surface area contributed by atoms with Crippen molar-refractivity contribution in [2.24, 2.45) is 16.7 Å². The molecule has 0 aromatic carbocycles. The number of anilines is 1. The van der Waals surface area contributed by atoms with Gasteiger partial charge in [-0.2, -0.15) is 0 Å². The van der Waals surface area contributed by atoms with Gasteiger partial charge in [0.15, 0.2) is 6.29 Å². The standard InChI is InChI=1S/C14H24.C5H5N3O2.C4H8O3/c1-2-3-4-7-13-8-5-12-6-9-14(13,10-12)11-13;9-3-7-4-1-2-6-5(10)8-4;5-3-4-6-1-2-7-4/h12H,2-11H2,1H3;1-3H,(H2,6,7,8,9,10);4-5H,1-3H2. The molecule has 8 nitrogen and oxygen atoms in total. The van der Waals surface area contributed by atoms with Gasteiger partial charge >= 0.3 is 5.69 Å².